The first-order valence-electron chi connectivity index (χ1n) is 9.15. The van der Waals surface area contributed by atoms with Crippen molar-refractivity contribution in [1.82, 2.24) is 20.2 Å². The van der Waals surface area contributed by atoms with Gasteiger partial charge in [0, 0.05) is 48.4 Å². The van der Waals surface area contributed by atoms with Crippen LogP contribution in [0.5, 0.6) is 0 Å². The molecule has 2 N–H and O–H groups in total. The number of benzene rings is 1. The fourth-order valence-electron chi connectivity index (χ4n) is 3.68. The number of aryl methyl sites for hydroxylation is 2. The molecule has 4 rings (SSSR count). The van der Waals surface area contributed by atoms with E-state index in [-0.39, 0.29) is 17.0 Å². The first-order valence-corrected chi connectivity index (χ1v) is 9.15. The van der Waals surface area contributed by atoms with Crippen molar-refractivity contribution in [3.8, 4) is 0 Å². The van der Waals surface area contributed by atoms with Crippen LogP contribution in [-0.4, -0.2) is 27.8 Å². The summed E-state index contributed by atoms with van der Waals surface area (Å²) in [5, 5.41) is 4.26. The molecule has 2 amide bonds. The summed E-state index contributed by atoms with van der Waals surface area (Å²) in [5.41, 5.74) is -0.605. The largest absolute Gasteiger partial charge is 0.455 e. The minimum absolute atomic E-state index is 0.105. The third-order valence-electron chi connectivity index (χ3n) is 5.13. The fraction of sp³-hybridized carbons (Fsp3) is 0.368. The summed E-state index contributed by atoms with van der Waals surface area (Å²) in [4.78, 5) is 16.5. The van der Waals surface area contributed by atoms with Crippen molar-refractivity contribution in [3.05, 3.63) is 53.3 Å². The lowest BCUT2D eigenvalue weighted by atomic mass is 10.1. The lowest BCUT2D eigenvalue weighted by molar-refractivity contribution is -0.158. The van der Waals surface area contributed by atoms with Crippen LogP contribution in [0, 0.1) is 18.6 Å². The van der Waals surface area contributed by atoms with Crippen molar-refractivity contribution in [2.75, 3.05) is 0 Å². The number of carbonyl (C=O) groups is 1. The molecule has 0 saturated carbocycles. The molecule has 0 fully saturated rings. The molecule has 0 aliphatic carbocycles. The van der Waals surface area contributed by atoms with Gasteiger partial charge in [-0.05, 0) is 19.4 Å². The Labute approximate surface area is 167 Å². The first kappa shape index (κ1) is 20.2. The normalized spacial score (nSPS) is 17.6. The van der Waals surface area contributed by atoms with Crippen LogP contribution in [0.3, 0.4) is 0 Å². The van der Waals surface area contributed by atoms with Crippen LogP contribution in [-0.2, 0) is 13.0 Å². The molecule has 2 atom stereocenters. The lowest BCUT2D eigenvalue weighted by Gasteiger charge is -2.26. The Morgan fingerprint density at radius 1 is 1.33 bits per heavy atom. The van der Waals surface area contributed by atoms with E-state index in [2.05, 4.69) is 10.3 Å². The van der Waals surface area contributed by atoms with Gasteiger partial charge in [-0.2, -0.15) is 13.2 Å². The molecule has 3 heterocycles. The molecular formula is C19H17F5N4O2. The highest BCUT2D eigenvalue weighted by Gasteiger charge is 2.45. The molecule has 160 valence electrons. The molecule has 0 bridgehead atoms. The summed E-state index contributed by atoms with van der Waals surface area (Å²) >= 11 is 0. The second-order valence-corrected chi connectivity index (χ2v) is 7.18. The van der Waals surface area contributed by atoms with E-state index >= 15 is 0 Å². The Hall–Kier alpha value is -3.11. The van der Waals surface area contributed by atoms with Gasteiger partial charge in [-0.1, -0.05) is 0 Å². The number of furan rings is 1. The Balaban J connectivity index is 1.57. The van der Waals surface area contributed by atoms with E-state index < -0.39 is 41.2 Å². The lowest BCUT2D eigenvalue weighted by Crippen LogP contribution is -2.49. The average Bonchev–Trinajstić information content (AvgIpc) is 3.24. The van der Waals surface area contributed by atoms with Crippen LogP contribution in [0.15, 0.2) is 28.9 Å². The molecule has 1 aliphatic heterocycles. The molecule has 11 heteroatoms. The maximum atomic E-state index is 13.9. The summed E-state index contributed by atoms with van der Waals surface area (Å²) in [6.45, 7) is 1.63. The third-order valence-corrected chi connectivity index (χ3v) is 5.13. The Morgan fingerprint density at radius 3 is 2.83 bits per heavy atom. The Kier molecular flexibility index (Phi) is 4.91. The molecule has 3 aromatic rings. The predicted octanol–water partition coefficient (Wildman–Crippen LogP) is 4.13. The number of urea groups is 1. The molecular weight excluding hydrogens is 411 g/mol. The van der Waals surface area contributed by atoms with Crippen molar-refractivity contribution in [1.29, 1.82) is 0 Å². The van der Waals surface area contributed by atoms with Crippen LogP contribution in [0.25, 0.3) is 11.0 Å². The van der Waals surface area contributed by atoms with Crippen LogP contribution >= 0.6 is 0 Å². The average molecular weight is 428 g/mol. The summed E-state index contributed by atoms with van der Waals surface area (Å²) in [7, 11) is 0. The minimum atomic E-state index is -4.92. The highest BCUT2D eigenvalue weighted by atomic mass is 19.4. The molecule has 30 heavy (non-hydrogen) atoms. The van der Waals surface area contributed by atoms with E-state index in [0.717, 1.165) is 11.9 Å². The Morgan fingerprint density at radius 2 is 2.10 bits per heavy atom. The van der Waals surface area contributed by atoms with E-state index in [9.17, 15) is 26.7 Å². The van der Waals surface area contributed by atoms with Gasteiger partial charge in [-0.25, -0.2) is 18.6 Å². The number of alkyl halides is 3. The SMILES string of the molecule is Cc1c([C@@H](NC(=O)NC2CCc3nccn3C2)C(F)(F)F)oc2c(F)cc(F)cc12. The molecule has 6 nitrogen and oxygen atoms in total. The Bertz CT molecular complexity index is 1100. The van der Waals surface area contributed by atoms with Gasteiger partial charge in [0.15, 0.2) is 17.4 Å². The van der Waals surface area contributed by atoms with Gasteiger partial charge in [-0.15, -0.1) is 0 Å². The molecule has 1 aliphatic rings. The van der Waals surface area contributed by atoms with Gasteiger partial charge in [0.2, 0.25) is 0 Å². The number of rotatable bonds is 3. The molecule has 2 aromatic heterocycles. The number of fused-ring (bicyclic) bond motifs is 2. The molecule has 0 saturated heterocycles. The second-order valence-electron chi connectivity index (χ2n) is 7.18. The second kappa shape index (κ2) is 7.29. The number of aromatic nitrogens is 2. The van der Waals surface area contributed by atoms with Crippen molar-refractivity contribution in [3.63, 3.8) is 0 Å². The highest BCUT2D eigenvalue weighted by molar-refractivity contribution is 5.83. The van der Waals surface area contributed by atoms with Crippen molar-refractivity contribution in [2.24, 2.45) is 0 Å². The highest BCUT2D eigenvalue weighted by Crippen LogP contribution is 2.39. The molecule has 0 spiro atoms. The van der Waals surface area contributed by atoms with Gasteiger partial charge < -0.3 is 19.6 Å². The molecule has 0 radical (unpaired) electrons. The van der Waals surface area contributed by atoms with Crippen LogP contribution in [0.1, 0.15) is 29.6 Å². The van der Waals surface area contributed by atoms with E-state index in [0.29, 0.717) is 25.5 Å². The van der Waals surface area contributed by atoms with Crippen LogP contribution < -0.4 is 10.6 Å². The van der Waals surface area contributed by atoms with Crippen molar-refractivity contribution in [2.45, 2.75) is 44.6 Å². The number of imidazole rings is 1. The number of halogens is 5. The number of nitrogens with zero attached hydrogens (tertiary/aromatic N) is 2. The first-order chi connectivity index (χ1) is 14.1. The standard InChI is InChI=1S/C19H17F5N4O2/c1-9-12-6-10(20)7-13(21)16(12)30-15(9)17(19(22,23)24)27-18(29)26-11-2-3-14-25-4-5-28(14)8-11/h4-7,11,17H,2-3,8H2,1H3,(H2,26,27,29)/t11?,17-/m1/s1. The number of amides is 2. The number of hydrogen-bond donors (Lipinski definition) is 2. The number of carbonyl (C=O) groups excluding carboxylic acids is 1. The summed E-state index contributed by atoms with van der Waals surface area (Å²) in [5.74, 6) is -1.92. The summed E-state index contributed by atoms with van der Waals surface area (Å²) in [6.07, 6.45) is -0.479. The maximum absolute atomic E-state index is 13.9. The maximum Gasteiger partial charge on any atom is 0.416 e. The van der Waals surface area contributed by atoms with Crippen LogP contribution in [0.4, 0.5) is 26.7 Å². The van der Waals surface area contributed by atoms with Gasteiger partial charge >= 0.3 is 12.2 Å². The van der Waals surface area contributed by atoms with E-state index in [4.69, 9.17) is 4.42 Å². The third kappa shape index (κ3) is 3.71. The number of hydrogen-bond acceptors (Lipinski definition) is 3. The van der Waals surface area contributed by atoms with E-state index in [1.807, 2.05) is 9.88 Å². The quantitative estimate of drug-likeness (QED) is 0.617. The van der Waals surface area contributed by atoms with Gasteiger partial charge in [0.25, 0.3) is 0 Å². The zero-order valence-electron chi connectivity index (χ0n) is 15.7. The smallest absolute Gasteiger partial charge is 0.416 e. The molecule has 1 unspecified atom stereocenters. The summed E-state index contributed by atoms with van der Waals surface area (Å²) in [6, 6.07) is -2.55. The monoisotopic (exact) mass is 428 g/mol. The topological polar surface area (TPSA) is 72.1 Å². The van der Waals surface area contributed by atoms with Crippen molar-refractivity contribution >= 4 is 17.0 Å². The van der Waals surface area contributed by atoms with Gasteiger partial charge in [0.1, 0.15) is 17.4 Å². The zero-order chi connectivity index (χ0) is 21.6. The van der Waals surface area contributed by atoms with Crippen molar-refractivity contribution < 1.29 is 31.2 Å². The number of nitrogens with one attached hydrogen (secondary N) is 2. The fourth-order valence-corrected chi connectivity index (χ4v) is 3.68. The van der Waals surface area contributed by atoms with Gasteiger partial charge in [0.05, 0.1) is 0 Å². The van der Waals surface area contributed by atoms with E-state index in [1.165, 1.54) is 6.92 Å². The molecule has 1 aromatic carbocycles. The summed E-state index contributed by atoms with van der Waals surface area (Å²) < 4.78 is 75.4. The van der Waals surface area contributed by atoms with E-state index in [1.54, 1.807) is 12.4 Å². The van der Waals surface area contributed by atoms with Crippen LogP contribution in [0.2, 0.25) is 0 Å². The van der Waals surface area contributed by atoms with Gasteiger partial charge in [-0.3, -0.25) is 0 Å². The minimum Gasteiger partial charge on any atom is -0.455 e. The predicted molar refractivity (Wildman–Crippen MR) is 95.7 cm³/mol. The zero-order valence-corrected chi connectivity index (χ0v) is 15.7.